The average molecular weight is 238 g/mol. The predicted molar refractivity (Wildman–Crippen MR) is 65.9 cm³/mol. The summed E-state index contributed by atoms with van der Waals surface area (Å²) in [6, 6.07) is 0. The lowest BCUT2D eigenvalue weighted by Crippen LogP contribution is -1.84. The summed E-state index contributed by atoms with van der Waals surface area (Å²) in [5, 5.41) is 21.7. The highest BCUT2D eigenvalue weighted by atomic mass is 15.6. The van der Waals surface area contributed by atoms with Gasteiger partial charge in [0.25, 0.3) is 0 Å². The van der Waals surface area contributed by atoms with E-state index in [0.717, 1.165) is 25.9 Å². The van der Waals surface area contributed by atoms with Crippen LogP contribution in [0.3, 0.4) is 0 Å². The lowest BCUT2D eigenvalue weighted by Gasteiger charge is -2.00. The molecule has 0 aromatic carbocycles. The van der Waals surface area contributed by atoms with Crippen molar-refractivity contribution in [2.24, 2.45) is 31.1 Å². The fourth-order valence-corrected chi connectivity index (χ4v) is 1.78. The summed E-state index contributed by atoms with van der Waals surface area (Å²) >= 11 is 0. The Bertz CT molecular complexity index is 224. The average Bonchev–Trinajstić information content (AvgIpc) is 2.35. The molecule has 0 aromatic heterocycles. The molecule has 96 valence electrons. The number of hydrogen-bond donors (Lipinski definition) is 0. The van der Waals surface area contributed by atoms with E-state index in [9.17, 15) is 0 Å². The summed E-state index contributed by atoms with van der Waals surface area (Å²) in [5.41, 5.74) is 0. The van der Waals surface area contributed by atoms with Crippen LogP contribution in [0.2, 0.25) is 0 Å². The fourth-order valence-electron chi connectivity index (χ4n) is 1.78. The van der Waals surface area contributed by atoms with E-state index in [-0.39, 0.29) is 0 Å². The van der Waals surface area contributed by atoms with Gasteiger partial charge in [0.05, 0.1) is 13.1 Å². The van der Waals surface area contributed by atoms with Crippen LogP contribution in [-0.2, 0) is 0 Å². The molecule has 0 N–H and O–H groups in total. The zero-order valence-corrected chi connectivity index (χ0v) is 10.5. The first-order chi connectivity index (χ1) is 8.50. The topological polar surface area (TPSA) is 74.2 Å². The van der Waals surface area contributed by atoms with E-state index in [4.69, 9.17) is 0 Å². The molecule has 6 nitrogen and oxygen atoms in total. The summed E-state index contributed by atoms with van der Waals surface area (Å²) in [6.07, 6.45) is 11.3. The first-order valence-electron chi connectivity index (χ1n) is 6.63. The van der Waals surface area contributed by atoms with Crippen molar-refractivity contribution in [1.82, 2.24) is 0 Å². The summed E-state index contributed by atoms with van der Waals surface area (Å²) < 4.78 is 0. The van der Waals surface area contributed by atoms with Crippen LogP contribution in [0.25, 0.3) is 0 Å². The maximum atomic E-state index is 3.88. The zero-order chi connectivity index (χ0) is 12.0. The quantitative estimate of drug-likeness (QED) is 0.586. The molecule has 0 aliphatic carbocycles. The number of hydrogen-bond acceptors (Lipinski definition) is 6. The third-order valence-corrected chi connectivity index (χ3v) is 2.76. The van der Waals surface area contributed by atoms with Crippen LogP contribution in [0.5, 0.6) is 0 Å². The standard InChI is InChI=1S/C11H22N6/c1-2-4-6-8-10-12-14-16-17-15-13-11-9-7-5-3-1/h1-11H2/b14-12+,15-13+,17-16+. The van der Waals surface area contributed by atoms with Crippen molar-refractivity contribution in [3.05, 3.63) is 0 Å². The van der Waals surface area contributed by atoms with Crippen molar-refractivity contribution in [1.29, 1.82) is 0 Å². The van der Waals surface area contributed by atoms with Gasteiger partial charge in [-0.15, -0.1) is 0 Å². The van der Waals surface area contributed by atoms with Gasteiger partial charge >= 0.3 is 0 Å². The van der Waals surface area contributed by atoms with Gasteiger partial charge in [0.15, 0.2) is 0 Å². The van der Waals surface area contributed by atoms with E-state index in [2.05, 4.69) is 31.1 Å². The second-order valence-electron chi connectivity index (χ2n) is 4.27. The molecule has 0 amide bonds. The minimum atomic E-state index is 0.732. The van der Waals surface area contributed by atoms with Gasteiger partial charge in [-0.2, -0.15) is 10.2 Å². The Labute approximate surface area is 103 Å². The number of nitrogens with zero attached hydrogens (tertiary/aromatic N) is 6. The fraction of sp³-hybridized carbons (Fsp3) is 1.00. The summed E-state index contributed by atoms with van der Waals surface area (Å²) in [7, 11) is 0. The van der Waals surface area contributed by atoms with Gasteiger partial charge < -0.3 is 0 Å². The van der Waals surface area contributed by atoms with Gasteiger partial charge in [-0.1, -0.05) is 44.9 Å². The maximum Gasteiger partial charge on any atom is 0.0621 e. The molecule has 1 rings (SSSR count). The van der Waals surface area contributed by atoms with Crippen molar-refractivity contribution in [3.8, 4) is 0 Å². The number of rotatable bonds is 0. The molecular formula is C11H22N6. The van der Waals surface area contributed by atoms with Crippen LogP contribution < -0.4 is 0 Å². The Morgan fingerprint density at radius 1 is 0.353 bits per heavy atom. The van der Waals surface area contributed by atoms with Gasteiger partial charge in [-0.05, 0) is 33.7 Å². The van der Waals surface area contributed by atoms with Gasteiger partial charge in [0.2, 0.25) is 0 Å². The monoisotopic (exact) mass is 238 g/mol. The Morgan fingerprint density at radius 3 is 1.12 bits per heavy atom. The van der Waals surface area contributed by atoms with Crippen LogP contribution in [0.4, 0.5) is 0 Å². The van der Waals surface area contributed by atoms with Crippen molar-refractivity contribution in [2.45, 2.75) is 57.8 Å². The molecule has 6 heteroatoms. The highest BCUT2D eigenvalue weighted by Gasteiger charge is 1.93. The van der Waals surface area contributed by atoms with Crippen LogP contribution in [0, 0.1) is 0 Å². The molecule has 1 heterocycles. The molecule has 0 spiro atoms. The Balaban J connectivity index is 2.22. The molecular weight excluding hydrogens is 216 g/mol. The van der Waals surface area contributed by atoms with E-state index in [1.165, 1.54) is 44.9 Å². The summed E-state index contributed by atoms with van der Waals surface area (Å²) in [5.74, 6) is 0. The van der Waals surface area contributed by atoms with E-state index in [0.29, 0.717) is 0 Å². The molecule has 0 bridgehead atoms. The SMILES string of the molecule is C1CCCCC/N=N/N=N/N=N/CCCCC1. The third kappa shape index (κ3) is 9.71. The largest absolute Gasteiger partial charge is 0.167 e. The first kappa shape index (κ1) is 13.9. The first-order valence-corrected chi connectivity index (χ1v) is 6.63. The summed E-state index contributed by atoms with van der Waals surface area (Å²) in [6.45, 7) is 1.46. The molecule has 0 radical (unpaired) electrons. The molecule has 0 fully saturated rings. The molecule has 0 atom stereocenters. The minimum absolute atomic E-state index is 0.732. The zero-order valence-electron chi connectivity index (χ0n) is 10.5. The molecule has 0 unspecified atom stereocenters. The normalized spacial score (nSPS) is 26.8. The maximum absolute atomic E-state index is 3.88. The lowest BCUT2D eigenvalue weighted by atomic mass is 10.1. The van der Waals surface area contributed by atoms with Gasteiger partial charge in [-0.25, -0.2) is 0 Å². The van der Waals surface area contributed by atoms with Crippen LogP contribution in [0.15, 0.2) is 31.1 Å². The van der Waals surface area contributed by atoms with Crippen LogP contribution >= 0.6 is 0 Å². The molecule has 17 heavy (non-hydrogen) atoms. The minimum Gasteiger partial charge on any atom is -0.167 e. The second kappa shape index (κ2) is 11.3. The van der Waals surface area contributed by atoms with Crippen LogP contribution in [0.1, 0.15) is 57.8 Å². The smallest absolute Gasteiger partial charge is 0.0621 e. The van der Waals surface area contributed by atoms with Crippen LogP contribution in [-0.4, -0.2) is 13.1 Å². The Kier molecular flexibility index (Phi) is 9.21. The van der Waals surface area contributed by atoms with Gasteiger partial charge in [-0.3, -0.25) is 0 Å². The Hall–Kier alpha value is -1.20. The van der Waals surface area contributed by atoms with E-state index in [1.807, 2.05) is 0 Å². The second-order valence-corrected chi connectivity index (χ2v) is 4.27. The molecule has 0 aromatic rings. The van der Waals surface area contributed by atoms with Crippen molar-refractivity contribution in [2.75, 3.05) is 13.1 Å². The van der Waals surface area contributed by atoms with Crippen molar-refractivity contribution >= 4 is 0 Å². The van der Waals surface area contributed by atoms with E-state index < -0.39 is 0 Å². The van der Waals surface area contributed by atoms with E-state index in [1.54, 1.807) is 0 Å². The van der Waals surface area contributed by atoms with Gasteiger partial charge in [0.1, 0.15) is 0 Å². The summed E-state index contributed by atoms with van der Waals surface area (Å²) in [4.78, 5) is 0. The lowest BCUT2D eigenvalue weighted by molar-refractivity contribution is 0.559. The van der Waals surface area contributed by atoms with Gasteiger partial charge in [0, 0.05) is 0 Å². The molecule has 1 aliphatic rings. The molecule has 1 aliphatic heterocycles. The van der Waals surface area contributed by atoms with E-state index >= 15 is 0 Å². The highest BCUT2D eigenvalue weighted by Crippen LogP contribution is 2.10. The predicted octanol–water partition coefficient (Wildman–Crippen LogP) is 4.70. The Morgan fingerprint density at radius 2 is 0.706 bits per heavy atom. The molecule has 0 saturated carbocycles. The third-order valence-electron chi connectivity index (χ3n) is 2.76. The van der Waals surface area contributed by atoms with Crippen molar-refractivity contribution < 1.29 is 0 Å². The highest BCUT2D eigenvalue weighted by molar-refractivity contribution is 4.49. The van der Waals surface area contributed by atoms with Crippen molar-refractivity contribution in [3.63, 3.8) is 0 Å². The molecule has 0 saturated heterocycles.